The van der Waals surface area contributed by atoms with Gasteiger partial charge in [-0.3, -0.25) is 9.67 Å². The average molecular weight is 268 g/mol. The summed E-state index contributed by atoms with van der Waals surface area (Å²) in [4.78, 5) is 5.50. The van der Waals surface area contributed by atoms with Crippen LogP contribution in [0.3, 0.4) is 0 Å². The number of nitrogens with zero attached hydrogens (tertiary/aromatic N) is 3. The van der Waals surface area contributed by atoms with Gasteiger partial charge in [0.1, 0.15) is 0 Å². The molecule has 2 aromatic heterocycles. The predicted octanol–water partition coefficient (Wildman–Crippen LogP) is 3.43. The number of aryl methyl sites for hydroxylation is 1. The molecule has 0 aliphatic heterocycles. The number of hydrogen-bond acceptors (Lipinski definition) is 4. The molecule has 0 spiro atoms. The first kappa shape index (κ1) is 12.4. The lowest BCUT2D eigenvalue weighted by molar-refractivity contribution is 0.675. The Morgan fingerprint density at radius 1 is 1.41 bits per heavy atom. The van der Waals surface area contributed by atoms with Crippen LogP contribution < -0.4 is 0 Å². The largest absolute Gasteiger partial charge is 0.299 e. The van der Waals surface area contributed by atoms with Crippen LogP contribution in [0.1, 0.15) is 31.7 Å². The Labute approximate surface area is 110 Å². The number of rotatable bonds is 5. The highest BCUT2D eigenvalue weighted by Crippen LogP contribution is 2.25. The topological polar surface area (TPSA) is 46.5 Å². The van der Waals surface area contributed by atoms with E-state index in [-0.39, 0.29) is 0 Å². The second-order valence-corrected chi connectivity index (χ2v) is 5.37. The van der Waals surface area contributed by atoms with Crippen molar-refractivity contribution in [3.8, 4) is 10.7 Å². The molecule has 1 N–H and O–H groups in total. The van der Waals surface area contributed by atoms with E-state index in [1.54, 1.807) is 11.3 Å². The maximum absolute atomic E-state index is 5.23. The van der Waals surface area contributed by atoms with Gasteiger partial charge in [-0.1, -0.05) is 13.8 Å². The van der Waals surface area contributed by atoms with Gasteiger partial charge in [-0.05, 0) is 31.5 Å². The van der Waals surface area contributed by atoms with Crippen LogP contribution in [-0.4, -0.2) is 19.7 Å². The van der Waals surface area contributed by atoms with Gasteiger partial charge in [0, 0.05) is 12.7 Å². The van der Waals surface area contributed by atoms with Crippen LogP contribution in [0.2, 0.25) is 0 Å². The van der Waals surface area contributed by atoms with Crippen molar-refractivity contribution >= 4 is 23.6 Å². The van der Waals surface area contributed by atoms with Gasteiger partial charge in [-0.2, -0.15) is 5.10 Å². The number of thiazole rings is 1. The number of hydrogen-bond donors (Lipinski definition) is 1. The van der Waals surface area contributed by atoms with Crippen molar-refractivity contribution in [2.75, 3.05) is 0 Å². The molecule has 2 rings (SSSR count). The third kappa shape index (κ3) is 2.63. The van der Waals surface area contributed by atoms with E-state index in [2.05, 4.69) is 29.0 Å². The first-order valence-corrected chi connectivity index (χ1v) is 7.09. The van der Waals surface area contributed by atoms with Crippen molar-refractivity contribution in [1.82, 2.24) is 19.7 Å². The number of aromatic amines is 1. The zero-order chi connectivity index (χ0) is 12.3. The minimum absolute atomic E-state index is 0.687. The van der Waals surface area contributed by atoms with Gasteiger partial charge in [-0.15, -0.1) is 11.3 Å². The molecule has 0 saturated carbocycles. The van der Waals surface area contributed by atoms with Crippen molar-refractivity contribution in [1.29, 1.82) is 0 Å². The summed E-state index contributed by atoms with van der Waals surface area (Å²) in [7, 11) is 0. The molecular formula is C11H16N4S2. The van der Waals surface area contributed by atoms with Crippen LogP contribution >= 0.6 is 23.6 Å². The molecule has 0 amide bonds. The van der Waals surface area contributed by atoms with Crippen LogP contribution in [-0.2, 0) is 13.0 Å². The molecule has 0 unspecified atom stereocenters. The van der Waals surface area contributed by atoms with Crippen molar-refractivity contribution in [2.24, 2.45) is 0 Å². The van der Waals surface area contributed by atoms with E-state index in [4.69, 9.17) is 12.2 Å². The lowest BCUT2D eigenvalue weighted by Crippen LogP contribution is -1.98. The molecule has 0 atom stereocenters. The Morgan fingerprint density at radius 2 is 2.24 bits per heavy atom. The highest BCUT2D eigenvalue weighted by molar-refractivity contribution is 7.71. The van der Waals surface area contributed by atoms with Crippen molar-refractivity contribution in [3.63, 3.8) is 0 Å². The standard InChI is InChI=1S/C11H16N4S2/c1-3-5-9-12-7-8(17-9)10-13-14-11(16)15(10)6-4-2/h7H,3-6H2,1-2H3,(H,14,16). The molecule has 0 aliphatic rings. The summed E-state index contributed by atoms with van der Waals surface area (Å²) in [6.07, 6.45) is 5.09. The van der Waals surface area contributed by atoms with Gasteiger partial charge in [-0.25, -0.2) is 4.98 Å². The zero-order valence-electron chi connectivity index (χ0n) is 10.1. The van der Waals surface area contributed by atoms with Gasteiger partial charge in [0.25, 0.3) is 0 Å². The molecule has 17 heavy (non-hydrogen) atoms. The molecule has 0 bridgehead atoms. The third-order valence-electron chi connectivity index (χ3n) is 2.44. The van der Waals surface area contributed by atoms with Gasteiger partial charge in [0.15, 0.2) is 10.6 Å². The van der Waals surface area contributed by atoms with Crippen LogP contribution in [0.25, 0.3) is 10.7 Å². The SMILES string of the molecule is CCCc1ncc(-c2n[nH]c(=S)n2CCC)s1. The summed E-state index contributed by atoms with van der Waals surface area (Å²) in [6, 6.07) is 0. The summed E-state index contributed by atoms with van der Waals surface area (Å²) < 4.78 is 2.73. The second kappa shape index (κ2) is 5.55. The van der Waals surface area contributed by atoms with Crippen molar-refractivity contribution in [3.05, 3.63) is 16.0 Å². The molecule has 0 fully saturated rings. The van der Waals surface area contributed by atoms with E-state index < -0.39 is 0 Å². The van der Waals surface area contributed by atoms with E-state index in [9.17, 15) is 0 Å². The molecule has 0 aromatic carbocycles. The smallest absolute Gasteiger partial charge is 0.195 e. The third-order valence-corrected chi connectivity index (χ3v) is 3.81. The first-order chi connectivity index (χ1) is 8.26. The lowest BCUT2D eigenvalue weighted by atomic mass is 10.4. The Kier molecular flexibility index (Phi) is 4.06. The van der Waals surface area contributed by atoms with Crippen LogP contribution in [0.4, 0.5) is 0 Å². The Balaban J connectivity index is 2.35. The predicted molar refractivity (Wildman–Crippen MR) is 72.8 cm³/mol. The molecule has 2 aromatic rings. The quantitative estimate of drug-likeness (QED) is 0.845. The monoisotopic (exact) mass is 268 g/mol. The zero-order valence-corrected chi connectivity index (χ0v) is 11.7. The van der Waals surface area contributed by atoms with Gasteiger partial charge in [0.2, 0.25) is 0 Å². The summed E-state index contributed by atoms with van der Waals surface area (Å²) in [5.41, 5.74) is 0. The van der Waals surface area contributed by atoms with E-state index in [1.165, 1.54) is 5.01 Å². The fraction of sp³-hybridized carbons (Fsp3) is 0.545. The first-order valence-electron chi connectivity index (χ1n) is 5.86. The fourth-order valence-electron chi connectivity index (χ4n) is 1.68. The van der Waals surface area contributed by atoms with Gasteiger partial charge < -0.3 is 0 Å². The molecule has 0 aliphatic carbocycles. The van der Waals surface area contributed by atoms with E-state index >= 15 is 0 Å². The molecule has 92 valence electrons. The van der Waals surface area contributed by atoms with Crippen molar-refractivity contribution in [2.45, 2.75) is 39.7 Å². The summed E-state index contributed by atoms with van der Waals surface area (Å²) in [6.45, 7) is 5.19. The van der Waals surface area contributed by atoms with Crippen LogP contribution in [0.15, 0.2) is 6.20 Å². The lowest BCUT2D eigenvalue weighted by Gasteiger charge is -2.01. The molecule has 2 heterocycles. The Hall–Kier alpha value is -1.01. The highest BCUT2D eigenvalue weighted by atomic mass is 32.1. The fourth-order valence-corrected chi connectivity index (χ4v) is 2.92. The summed E-state index contributed by atoms with van der Waals surface area (Å²) in [5, 5.41) is 8.32. The summed E-state index contributed by atoms with van der Waals surface area (Å²) >= 11 is 6.93. The average Bonchev–Trinajstić information content (AvgIpc) is 2.89. The second-order valence-electron chi connectivity index (χ2n) is 3.87. The number of nitrogens with one attached hydrogen (secondary N) is 1. The van der Waals surface area contributed by atoms with E-state index in [1.807, 2.05) is 10.8 Å². The maximum Gasteiger partial charge on any atom is 0.195 e. The highest BCUT2D eigenvalue weighted by Gasteiger charge is 2.11. The van der Waals surface area contributed by atoms with Crippen LogP contribution in [0, 0.1) is 4.77 Å². The number of H-pyrrole nitrogens is 1. The molecule has 6 heteroatoms. The number of aromatic nitrogens is 4. The Bertz CT molecular complexity index is 538. The van der Waals surface area contributed by atoms with Crippen LogP contribution in [0.5, 0.6) is 0 Å². The minimum Gasteiger partial charge on any atom is -0.299 e. The van der Waals surface area contributed by atoms with Gasteiger partial charge >= 0.3 is 0 Å². The minimum atomic E-state index is 0.687. The molecule has 0 saturated heterocycles. The molecule has 0 radical (unpaired) electrons. The molecule has 4 nitrogen and oxygen atoms in total. The Morgan fingerprint density at radius 3 is 2.94 bits per heavy atom. The van der Waals surface area contributed by atoms with E-state index in [0.29, 0.717) is 4.77 Å². The van der Waals surface area contributed by atoms with Crippen molar-refractivity contribution < 1.29 is 0 Å². The summed E-state index contributed by atoms with van der Waals surface area (Å²) in [5.74, 6) is 0.914. The maximum atomic E-state index is 5.23. The van der Waals surface area contributed by atoms with E-state index in [0.717, 1.165) is 36.5 Å². The molecular weight excluding hydrogens is 252 g/mol. The normalized spacial score (nSPS) is 10.9. The van der Waals surface area contributed by atoms with Gasteiger partial charge in [0.05, 0.1) is 9.88 Å².